The smallest absolute Gasteiger partial charge is 0.337 e. The van der Waals surface area contributed by atoms with E-state index in [1.807, 2.05) is 0 Å². The van der Waals surface area contributed by atoms with Crippen LogP contribution in [0, 0.1) is 5.82 Å². The summed E-state index contributed by atoms with van der Waals surface area (Å²) in [5.41, 5.74) is 2.13. The molecule has 1 aliphatic rings. The van der Waals surface area contributed by atoms with Crippen molar-refractivity contribution in [3.05, 3.63) is 101 Å². The quantitative estimate of drug-likeness (QED) is 0.293. The van der Waals surface area contributed by atoms with Crippen LogP contribution in [0.2, 0.25) is 0 Å². The van der Waals surface area contributed by atoms with Crippen LogP contribution < -0.4 is 10.2 Å². The van der Waals surface area contributed by atoms with Gasteiger partial charge in [-0.3, -0.25) is 14.7 Å². The van der Waals surface area contributed by atoms with Crippen LogP contribution in [0.3, 0.4) is 0 Å². The second-order valence-corrected chi connectivity index (χ2v) is 9.98. The Balaban J connectivity index is 1.31. The Morgan fingerprint density at radius 2 is 1.88 bits per heavy atom. The molecule has 1 aliphatic heterocycles. The number of carbonyl (C=O) groups excluding carboxylic acids is 2. The summed E-state index contributed by atoms with van der Waals surface area (Å²) in [6.45, 7) is 0. The van der Waals surface area contributed by atoms with E-state index in [-0.39, 0.29) is 35.9 Å². The van der Waals surface area contributed by atoms with E-state index in [2.05, 4.69) is 25.5 Å². The number of hydrogen-bond donors (Lipinski definition) is 2. The van der Waals surface area contributed by atoms with Crippen LogP contribution in [0.15, 0.2) is 67.0 Å². The van der Waals surface area contributed by atoms with Gasteiger partial charge < -0.3 is 14.8 Å². The molecule has 0 unspecified atom stereocenters. The number of benzene rings is 2. The maximum Gasteiger partial charge on any atom is 0.393 e. The van der Waals surface area contributed by atoms with E-state index < -0.39 is 36.3 Å². The van der Waals surface area contributed by atoms with Crippen LogP contribution >= 0.6 is 0 Å². The molecule has 0 fully saturated rings. The lowest BCUT2D eigenvalue weighted by atomic mass is 10.1. The molecule has 214 valence electrons. The van der Waals surface area contributed by atoms with Gasteiger partial charge >= 0.3 is 6.18 Å². The molecule has 3 aromatic heterocycles. The van der Waals surface area contributed by atoms with E-state index in [9.17, 15) is 27.2 Å². The second kappa shape index (κ2) is 10.4. The highest BCUT2D eigenvalue weighted by atomic mass is 19.4. The first-order valence-electron chi connectivity index (χ1n) is 13.0. The minimum atomic E-state index is -4.43. The summed E-state index contributed by atoms with van der Waals surface area (Å²) in [5.74, 6) is -1.34. The number of aromatic nitrogens is 5. The summed E-state index contributed by atoms with van der Waals surface area (Å²) in [7, 11) is 1.57. The lowest BCUT2D eigenvalue weighted by molar-refractivity contribution is -0.127. The Morgan fingerprint density at radius 1 is 1.10 bits per heavy atom. The first-order valence-corrected chi connectivity index (χ1v) is 13.0. The summed E-state index contributed by atoms with van der Waals surface area (Å²) in [6.07, 6.45) is -2.37. The van der Waals surface area contributed by atoms with Crippen LogP contribution in [0.4, 0.5) is 23.2 Å². The monoisotopic (exact) mass is 577 g/mol. The number of aromatic amines is 1. The third kappa shape index (κ3) is 5.08. The molecule has 9 nitrogen and oxygen atoms in total. The number of H-pyrrole nitrogens is 1. The maximum atomic E-state index is 14.0. The van der Waals surface area contributed by atoms with Gasteiger partial charge in [-0.05, 0) is 35.4 Å². The standard InChI is InChI=1S/C29H23F4N7O2/c1-39-21-9-4-10-22-24(21)18(15-40(22)26-17(7-5-11-34-26)14-29(31,32)33)12-20(28(39)42)35-27(41)25-36-23(37-38-25)13-16-6-2-3-8-19(16)30/h2-11,15,20H,12-14H2,1H3,(H,35,41)(H,36,37,38)/t20-/m0/s1. The van der Waals surface area contributed by atoms with E-state index in [0.29, 0.717) is 27.7 Å². The van der Waals surface area contributed by atoms with Crippen molar-refractivity contribution in [2.24, 2.45) is 0 Å². The molecule has 13 heteroatoms. The fourth-order valence-corrected chi connectivity index (χ4v) is 5.25. The Kier molecular flexibility index (Phi) is 6.71. The van der Waals surface area contributed by atoms with Crippen molar-refractivity contribution in [1.82, 2.24) is 30.0 Å². The molecule has 0 saturated heterocycles. The van der Waals surface area contributed by atoms with Gasteiger partial charge in [0, 0.05) is 43.2 Å². The molecule has 42 heavy (non-hydrogen) atoms. The van der Waals surface area contributed by atoms with E-state index in [1.54, 1.807) is 54.2 Å². The molecule has 0 radical (unpaired) electrons. The number of hydrogen-bond acceptors (Lipinski definition) is 5. The third-order valence-electron chi connectivity index (χ3n) is 7.14. The number of nitrogens with one attached hydrogen (secondary N) is 2. The predicted molar refractivity (Wildman–Crippen MR) is 145 cm³/mol. The Bertz CT molecular complexity index is 1830. The number of carbonyl (C=O) groups is 2. The molecule has 2 N–H and O–H groups in total. The van der Waals surface area contributed by atoms with Crippen LogP contribution in [0.5, 0.6) is 0 Å². The van der Waals surface area contributed by atoms with Gasteiger partial charge in [-0.15, -0.1) is 5.10 Å². The SMILES string of the molecule is CN1C(=O)[C@@H](NC(=O)c2n[nH]c(Cc3ccccc3F)n2)Cc2cn(-c3ncccc3CC(F)(F)F)c3cccc1c23. The van der Waals surface area contributed by atoms with Gasteiger partial charge in [0.2, 0.25) is 11.7 Å². The average Bonchev–Trinajstić information content (AvgIpc) is 3.55. The van der Waals surface area contributed by atoms with Crippen LogP contribution in [0.25, 0.3) is 16.7 Å². The van der Waals surface area contributed by atoms with E-state index >= 15 is 0 Å². The van der Waals surface area contributed by atoms with E-state index in [4.69, 9.17) is 0 Å². The molecule has 6 rings (SSSR count). The Hall–Kier alpha value is -5.07. The highest BCUT2D eigenvalue weighted by Gasteiger charge is 2.34. The molecular formula is C29H23F4N7O2. The fraction of sp³-hybridized carbons (Fsp3) is 0.207. The second-order valence-electron chi connectivity index (χ2n) is 9.98. The molecule has 0 spiro atoms. The van der Waals surface area contributed by atoms with Crippen molar-refractivity contribution < 1.29 is 27.2 Å². The van der Waals surface area contributed by atoms with Gasteiger partial charge in [0.15, 0.2) is 0 Å². The Labute approximate surface area is 236 Å². The first kappa shape index (κ1) is 27.1. The van der Waals surface area contributed by atoms with Gasteiger partial charge in [0.05, 0.1) is 17.6 Å². The molecule has 5 aromatic rings. The number of amides is 2. The van der Waals surface area contributed by atoms with Gasteiger partial charge in [0.1, 0.15) is 23.5 Å². The Morgan fingerprint density at radius 3 is 2.67 bits per heavy atom. The lowest BCUT2D eigenvalue weighted by Gasteiger charge is -2.22. The minimum absolute atomic E-state index is 0.000918. The normalized spacial score (nSPS) is 15.2. The molecule has 1 atom stereocenters. The zero-order valence-corrected chi connectivity index (χ0v) is 22.1. The molecule has 2 aromatic carbocycles. The number of likely N-dealkylation sites (N-methyl/N-ethyl adjacent to an activating group) is 1. The summed E-state index contributed by atoms with van der Waals surface area (Å²) in [6, 6.07) is 13.2. The summed E-state index contributed by atoms with van der Waals surface area (Å²) >= 11 is 0. The van der Waals surface area contributed by atoms with Crippen LogP contribution in [-0.2, 0) is 24.1 Å². The van der Waals surface area contributed by atoms with Gasteiger partial charge in [-0.1, -0.05) is 30.3 Å². The van der Waals surface area contributed by atoms with Crippen molar-refractivity contribution in [1.29, 1.82) is 0 Å². The molecule has 4 heterocycles. The molecule has 0 bridgehead atoms. The van der Waals surface area contributed by atoms with Crippen molar-refractivity contribution in [3.8, 4) is 5.82 Å². The fourth-order valence-electron chi connectivity index (χ4n) is 5.25. The zero-order chi connectivity index (χ0) is 29.6. The maximum absolute atomic E-state index is 14.0. The third-order valence-corrected chi connectivity index (χ3v) is 7.14. The average molecular weight is 578 g/mol. The summed E-state index contributed by atoms with van der Waals surface area (Å²) in [4.78, 5) is 36.4. The van der Waals surface area contributed by atoms with Crippen molar-refractivity contribution in [2.45, 2.75) is 31.5 Å². The van der Waals surface area contributed by atoms with Gasteiger partial charge in [-0.2, -0.15) is 13.2 Å². The number of rotatable bonds is 6. The molecule has 0 saturated carbocycles. The largest absolute Gasteiger partial charge is 0.393 e. The molecular weight excluding hydrogens is 554 g/mol. The first-order chi connectivity index (χ1) is 20.1. The van der Waals surface area contributed by atoms with Crippen molar-refractivity contribution >= 4 is 28.4 Å². The minimum Gasteiger partial charge on any atom is -0.337 e. The van der Waals surface area contributed by atoms with Gasteiger partial charge in [-0.25, -0.2) is 14.4 Å². The highest BCUT2D eigenvalue weighted by molar-refractivity contribution is 6.09. The van der Waals surface area contributed by atoms with Crippen LogP contribution in [-0.4, -0.2) is 55.8 Å². The van der Waals surface area contributed by atoms with Crippen molar-refractivity contribution in [3.63, 3.8) is 0 Å². The number of pyridine rings is 1. The molecule has 0 aliphatic carbocycles. The van der Waals surface area contributed by atoms with Gasteiger partial charge in [0.25, 0.3) is 5.91 Å². The zero-order valence-electron chi connectivity index (χ0n) is 22.1. The van der Waals surface area contributed by atoms with Crippen molar-refractivity contribution in [2.75, 3.05) is 11.9 Å². The number of halogens is 4. The number of nitrogens with zero attached hydrogens (tertiary/aromatic N) is 5. The summed E-state index contributed by atoms with van der Waals surface area (Å²) < 4.78 is 55.6. The van der Waals surface area contributed by atoms with Crippen LogP contribution in [0.1, 0.15) is 33.1 Å². The van der Waals surface area contributed by atoms with E-state index in [1.165, 1.54) is 29.3 Å². The lowest BCUT2D eigenvalue weighted by Crippen LogP contribution is -2.48. The summed E-state index contributed by atoms with van der Waals surface area (Å²) in [5, 5.41) is 9.92. The number of alkyl halides is 3. The van der Waals surface area contributed by atoms with E-state index in [0.717, 1.165) is 0 Å². The predicted octanol–water partition coefficient (Wildman–Crippen LogP) is 4.30. The topological polar surface area (TPSA) is 109 Å². The molecule has 2 amide bonds. The highest BCUT2D eigenvalue weighted by Crippen LogP contribution is 2.37. The number of anilines is 1.